The van der Waals surface area contributed by atoms with Gasteiger partial charge in [0.15, 0.2) is 0 Å². The molecule has 0 aliphatic carbocycles. The van der Waals surface area contributed by atoms with E-state index in [1.54, 1.807) is 12.2 Å². The Morgan fingerprint density at radius 2 is 0.941 bits per heavy atom. The normalized spacial score (nSPS) is 12.3. The first kappa shape index (κ1) is 27.1. The van der Waals surface area contributed by atoms with Crippen molar-refractivity contribution in [3.05, 3.63) is 82.9 Å². The number of hydrogen-bond donors (Lipinski definition) is 2. The van der Waals surface area contributed by atoms with Gasteiger partial charge in [-0.3, -0.25) is 9.59 Å². The largest absolute Gasteiger partial charge is 0.353 e. The van der Waals surface area contributed by atoms with Gasteiger partial charge in [-0.2, -0.15) is 0 Å². The number of amides is 2. The van der Waals surface area contributed by atoms with E-state index in [9.17, 15) is 9.59 Å². The molecule has 0 fully saturated rings. The van der Waals surface area contributed by atoms with Crippen molar-refractivity contribution < 1.29 is 9.59 Å². The number of rotatable bonds is 9. The summed E-state index contributed by atoms with van der Waals surface area (Å²) in [5.74, 6) is -0.214. The monoisotopic (exact) mass is 460 g/mol. The molecule has 0 aromatic heterocycles. The molecule has 0 heterocycles. The van der Waals surface area contributed by atoms with Gasteiger partial charge in [-0.1, -0.05) is 90.1 Å². The summed E-state index contributed by atoms with van der Waals surface area (Å²) in [5, 5.41) is 5.77. The zero-order valence-electron chi connectivity index (χ0n) is 21.6. The standard InChI is InChI=1S/C30H40N2O2/c1-29(2,3)25-15-9-23(10-16-25)13-19-27(33)31-21-7-8-22-32-28(34)20-14-24-11-17-26(18-12-24)30(4,5)6/h9-20H,7-8,21-22H2,1-6H3,(H,31,33)(H,32,34)/b19-13+,20-14+. The SMILES string of the molecule is CC(C)(C)c1ccc(/C=C/C(=O)NCCCCNC(=O)/C=C/c2ccc(C(C)(C)C)cc2)cc1. The van der Waals surface area contributed by atoms with Crippen LogP contribution in [-0.4, -0.2) is 24.9 Å². The second-order valence-corrected chi connectivity index (χ2v) is 10.7. The van der Waals surface area contributed by atoms with Gasteiger partial charge in [0.2, 0.25) is 11.8 Å². The first-order valence-corrected chi connectivity index (χ1v) is 12.1. The molecule has 2 aromatic rings. The van der Waals surface area contributed by atoms with Gasteiger partial charge in [0.1, 0.15) is 0 Å². The maximum atomic E-state index is 12.0. The highest BCUT2D eigenvalue weighted by Gasteiger charge is 2.13. The minimum absolute atomic E-state index is 0.107. The molecule has 0 unspecified atom stereocenters. The lowest BCUT2D eigenvalue weighted by Crippen LogP contribution is -2.25. The fraction of sp³-hybridized carbons (Fsp3) is 0.400. The maximum absolute atomic E-state index is 12.0. The predicted octanol–water partition coefficient (Wildman–Crippen LogP) is 6.02. The van der Waals surface area contributed by atoms with Crippen LogP contribution in [0.3, 0.4) is 0 Å². The van der Waals surface area contributed by atoms with Gasteiger partial charge in [0.05, 0.1) is 0 Å². The minimum atomic E-state index is -0.107. The molecule has 0 radical (unpaired) electrons. The first-order chi connectivity index (χ1) is 15.9. The van der Waals surface area contributed by atoms with Crippen LogP contribution in [0, 0.1) is 0 Å². The number of carbonyl (C=O) groups is 2. The summed E-state index contributed by atoms with van der Waals surface area (Å²) in [6.45, 7) is 14.2. The van der Waals surface area contributed by atoms with Crippen LogP contribution in [0.15, 0.2) is 60.7 Å². The topological polar surface area (TPSA) is 58.2 Å². The fourth-order valence-corrected chi connectivity index (χ4v) is 3.32. The van der Waals surface area contributed by atoms with Crippen molar-refractivity contribution >= 4 is 24.0 Å². The third kappa shape index (κ3) is 9.78. The Hall–Kier alpha value is -3.14. The van der Waals surface area contributed by atoms with Gasteiger partial charge in [0.25, 0.3) is 0 Å². The number of unbranched alkanes of at least 4 members (excludes halogenated alkanes) is 1. The van der Waals surface area contributed by atoms with Crippen LogP contribution in [-0.2, 0) is 20.4 Å². The van der Waals surface area contributed by atoms with Crippen LogP contribution >= 0.6 is 0 Å². The fourth-order valence-electron chi connectivity index (χ4n) is 3.32. The average molecular weight is 461 g/mol. The summed E-state index contributed by atoms with van der Waals surface area (Å²) >= 11 is 0. The molecule has 2 N–H and O–H groups in total. The summed E-state index contributed by atoms with van der Waals surface area (Å²) in [7, 11) is 0. The molecule has 0 aliphatic rings. The molecule has 0 spiro atoms. The molecule has 2 amide bonds. The van der Waals surface area contributed by atoms with Crippen molar-refractivity contribution in [3.8, 4) is 0 Å². The predicted molar refractivity (Wildman–Crippen MR) is 144 cm³/mol. The lowest BCUT2D eigenvalue weighted by Gasteiger charge is -2.18. The highest BCUT2D eigenvalue weighted by molar-refractivity contribution is 5.92. The van der Waals surface area contributed by atoms with Crippen molar-refractivity contribution in [2.45, 2.75) is 65.2 Å². The molecule has 34 heavy (non-hydrogen) atoms. The van der Waals surface area contributed by atoms with Crippen molar-refractivity contribution in [1.82, 2.24) is 10.6 Å². The molecule has 0 bridgehead atoms. The average Bonchev–Trinajstić information content (AvgIpc) is 2.78. The zero-order valence-corrected chi connectivity index (χ0v) is 21.6. The number of carbonyl (C=O) groups excluding carboxylic acids is 2. The van der Waals surface area contributed by atoms with E-state index in [2.05, 4.69) is 76.4 Å². The van der Waals surface area contributed by atoms with E-state index in [0.29, 0.717) is 13.1 Å². The van der Waals surface area contributed by atoms with E-state index in [1.807, 2.05) is 36.4 Å². The molecule has 4 nitrogen and oxygen atoms in total. The van der Waals surface area contributed by atoms with Crippen molar-refractivity contribution in [2.75, 3.05) is 13.1 Å². The highest BCUT2D eigenvalue weighted by atomic mass is 16.2. The molecular weight excluding hydrogens is 420 g/mol. The molecule has 0 aliphatic heterocycles. The van der Waals surface area contributed by atoms with Crippen LogP contribution in [0.4, 0.5) is 0 Å². The Balaban J connectivity index is 1.61. The maximum Gasteiger partial charge on any atom is 0.243 e. The van der Waals surface area contributed by atoms with Gasteiger partial charge in [0, 0.05) is 25.2 Å². The smallest absolute Gasteiger partial charge is 0.243 e. The van der Waals surface area contributed by atoms with Crippen LogP contribution in [0.5, 0.6) is 0 Å². The van der Waals surface area contributed by atoms with Crippen molar-refractivity contribution in [2.24, 2.45) is 0 Å². The Bertz CT molecular complexity index is 903. The lowest BCUT2D eigenvalue weighted by atomic mass is 9.87. The quantitative estimate of drug-likeness (QED) is 0.355. The number of benzene rings is 2. The molecule has 182 valence electrons. The van der Waals surface area contributed by atoms with E-state index in [0.717, 1.165) is 24.0 Å². The Morgan fingerprint density at radius 1 is 0.618 bits per heavy atom. The summed E-state index contributed by atoms with van der Waals surface area (Å²) in [6.07, 6.45) is 8.38. The van der Waals surface area contributed by atoms with Gasteiger partial charge >= 0.3 is 0 Å². The van der Waals surface area contributed by atoms with Crippen molar-refractivity contribution in [3.63, 3.8) is 0 Å². The Labute approximate surface area is 205 Å². The third-order valence-corrected chi connectivity index (χ3v) is 5.61. The highest BCUT2D eigenvalue weighted by Crippen LogP contribution is 2.23. The number of hydrogen-bond acceptors (Lipinski definition) is 2. The van der Waals surface area contributed by atoms with E-state index in [-0.39, 0.29) is 22.6 Å². The summed E-state index contributed by atoms with van der Waals surface area (Å²) in [5.41, 5.74) is 4.78. The molecule has 2 aromatic carbocycles. The first-order valence-electron chi connectivity index (χ1n) is 12.1. The third-order valence-electron chi connectivity index (χ3n) is 5.61. The summed E-state index contributed by atoms with van der Waals surface area (Å²) < 4.78 is 0. The van der Waals surface area contributed by atoms with Gasteiger partial charge in [-0.25, -0.2) is 0 Å². The Morgan fingerprint density at radius 3 is 1.24 bits per heavy atom. The molecule has 0 saturated heterocycles. The molecular formula is C30H40N2O2. The second kappa shape index (κ2) is 12.4. The molecule has 2 rings (SSSR count). The van der Waals surface area contributed by atoms with Gasteiger partial charge < -0.3 is 10.6 Å². The Kier molecular flexibility index (Phi) is 9.85. The lowest BCUT2D eigenvalue weighted by molar-refractivity contribution is -0.117. The molecule has 0 saturated carbocycles. The van der Waals surface area contributed by atoms with Gasteiger partial charge in [-0.15, -0.1) is 0 Å². The minimum Gasteiger partial charge on any atom is -0.353 e. The van der Waals surface area contributed by atoms with Crippen LogP contribution in [0.25, 0.3) is 12.2 Å². The van der Waals surface area contributed by atoms with E-state index < -0.39 is 0 Å². The van der Waals surface area contributed by atoms with Crippen LogP contribution in [0.2, 0.25) is 0 Å². The van der Waals surface area contributed by atoms with Crippen LogP contribution in [0.1, 0.15) is 76.6 Å². The zero-order chi connectivity index (χ0) is 25.2. The second-order valence-electron chi connectivity index (χ2n) is 10.7. The van der Waals surface area contributed by atoms with E-state index >= 15 is 0 Å². The molecule has 4 heteroatoms. The molecule has 0 atom stereocenters. The van der Waals surface area contributed by atoms with E-state index in [1.165, 1.54) is 11.1 Å². The summed E-state index contributed by atoms with van der Waals surface area (Å²) in [6, 6.07) is 16.5. The summed E-state index contributed by atoms with van der Waals surface area (Å²) in [4.78, 5) is 24.0. The van der Waals surface area contributed by atoms with Crippen molar-refractivity contribution in [1.29, 1.82) is 0 Å². The van der Waals surface area contributed by atoms with Gasteiger partial charge in [-0.05, 0) is 58.1 Å². The van der Waals surface area contributed by atoms with Crippen LogP contribution < -0.4 is 10.6 Å². The van der Waals surface area contributed by atoms with E-state index in [4.69, 9.17) is 0 Å². The number of nitrogens with one attached hydrogen (secondary N) is 2.